The summed E-state index contributed by atoms with van der Waals surface area (Å²) in [6, 6.07) is 14.3. The van der Waals surface area contributed by atoms with Gasteiger partial charge in [-0.05, 0) is 40.5 Å². The Hall–Kier alpha value is -3.20. The zero-order chi connectivity index (χ0) is 22.4. The van der Waals surface area contributed by atoms with Crippen LogP contribution in [0.2, 0.25) is 0 Å². The van der Waals surface area contributed by atoms with Gasteiger partial charge in [0.2, 0.25) is 0 Å². The van der Waals surface area contributed by atoms with Crippen molar-refractivity contribution in [2.75, 3.05) is 6.26 Å². The number of carbonyl (C=O) groups is 1. The van der Waals surface area contributed by atoms with Crippen molar-refractivity contribution in [1.29, 1.82) is 0 Å². The molecule has 5 nitrogen and oxygen atoms in total. The molecular formula is C22H17F3N2O3S. The van der Waals surface area contributed by atoms with Crippen LogP contribution in [0.4, 0.5) is 13.2 Å². The van der Waals surface area contributed by atoms with E-state index in [-0.39, 0.29) is 23.5 Å². The summed E-state index contributed by atoms with van der Waals surface area (Å²) >= 11 is 0. The highest BCUT2D eigenvalue weighted by molar-refractivity contribution is 7.90. The Morgan fingerprint density at radius 1 is 1.00 bits per heavy atom. The van der Waals surface area contributed by atoms with E-state index in [1.165, 1.54) is 17.0 Å². The molecule has 0 bridgehead atoms. The maximum atomic E-state index is 13.4. The maximum absolute atomic E-state index is 13.4. The average Bonchev–Trinajstić information content (AvgIpc) is 3.15. The van der Waals surface area contributed by atoms with Gasteiger partial charge in [0.1, 0.15) is 5.69 Å². The first-order valence-electron chi connectivity index (χ1n) is 9.28. The highest BCUT2D eigenvalue weighted by Crippen LogP contribution is 2.33. The van der Waals surface area contributed by atoms with E-state index in [2.05, 4.69) is 4.98 Å². The fourth-order valence-electron chi connectivity index (χ4n) is 3.55. The third kappa shape index (κ3) is 4.18. The molecule has 2 heterocycles. The Morgan fingerprint density at radius 3 is 2.32 bits per heavy atom. The van der Waals surface area contributed by atoms with Crippen LogP contribution in [0.15, 0.2) is 65.7 Å². The van der Waals surface area contributed by atoms with E-state index < -0.39 is 27.6 Å². The third-order valence-corrected chi connectivity index (χ3v) is 6.23. The first kappa shape index (κ1) is 21.0. The predicted molar refractivity (Wildman–Crippen MR) is 108 cm³/mol. The van der Waals surface area contributed by atoms with E-state index in [0.29, 0.717) is 16.7 Å². The van der Waals surface area contributed by atoms with E-state index in [1.807, 2.05) is 6.07 Å². The minimum absolute atomic E-state index is 0.00623. The standard InChI is InChI=1S/C22H17F3N2O3S/c1-31(29,30)17-7-8-18(14-5-3-2-4-6-14)19(10-17)21(28)27-12-15-9-20(22(23,24)25)26-11-16(15)13-27/h2-11H,12-13H2,1H3. The van der Waals surface area contributed by atoms with Gasteiger partial charge in [0.15, 0.2) is 9.84 Å². The Labute approximate surface area is 177 Å². The Bertz CT molecular complexity index is 1270. The number of rotatable bonds is 3. The first-order valence-corrected chi connectivity index (χ1v) is 11.2. The fraction of sp³-hybridized carbons (Fsp3) is 0.182. The lowest BCUT2D eigenvalue weighted by Gasteiger charge is -2.19. The molecular weight excluding hydrogens is 429 g/mol. The Morgan fingerprint density at radius 2 is 1.68 bits per heavy atom. The SMILES string of the molecule is CS(=O)(=O)c1ccc(-c2ccccc2)c(C(=O)N2Cc3cnc(C(F)(F)F)cc3C2)c1. The maximum Gasteiger partial charge on any atom is 0.433 e. The molecule has 0 fully saturated rings. The smallest absolute Gasteiger partial charge is 0.330 e. The van der Waals surface area contributed by atoms with Gasteiger partial charge in [0, 0.05) is 31.1 Å². The normalized spacial score (nSPS) is 13.9. The van der Waals surface area contributed by atoms with Gasteiger partial charge in [0.05, 0.1) is 4.90 Å². The molecule has 1 amide bonds. The molecule has 0 aliphatic carbocycles. The first-order chi connectivity index (χ1) is 14.5. The van der Waals surface area contributed by atoms with Crippen LogP contribution in [0, 0.1) is 0 Å². The molecule has 0 radical (unpaired) electrons. The lowest BCUT2D eigenvalue weighted by atomic mass is 9.99. The monoisotopic (exact) mass is 446 g/mol. The molecule has 1 aliphatic rings. The fourth-order valence-corrected chi connectivity index (χ4v) is 4.20. The number of hydrogen-bond acceptors (Lipinski definition) is 4. The Balaban J connectivity index is 1.74. The number of alkyl halides is 3. The van der Waals surface area contributed by atoms with E-state index in [9.17, 15) is 26.4 Å². The van der Waals surface area contributed by atoms with Crippen LogP contribution in [0.5, 0.6) is 0 Å². The topological polar surface area (TPSA) is 67.3 Å². The lowest BCUT2D eigenvalue weighted by Crippen LogP contribution is -2.26. The van der Waals surface area contributed by atoms with Crippen LogP contribution in [-0.2, 0) is 29.1 Å². The van der Waals surface area contributed by atoms with Gasteiger partial charge in [-0.1, -0.05) is 36.4 Å². The zero-order valence-corrected chi connectivity index (χ0v) is 17.2. The van der Waals surface area contributed by atoms with Gasteiger partial charge >= 0.3 is 6.18 Å². The lowest BCUT2D eigenvalue weighted by molar-refractivity contribution is -0.141. The third-order valence-electron chi connectivity index (χ3n) is 5.12. The average molecular weight is 446 g/mol. The number of pyridine rings is 1. The summed E-state index contributed by atoms with van der Waals surface area (Å²) in [7, 11) is -3.56. The number of nitrogens with zero attached hydrogens (tertiary/aromatic N) is 2. The van der Waals surface area contributed by atoms with Gasteiger partial charge in [-0.25, -0.2) is 8.42 Å². The second-order valence-electron chi connectivity index (χ2n) is 7.34. The summed E-state index contributed by atoms with van der Waals surface area (Å²) in [6.45, 7) is 0.0771. The summed E-state index contributed by atoms with van der Waals surface area (Å²) in [5.41, 5.74) is 1.33. The molecule has 31 heavy (non-hydrogen) atoms. The van der Waals surface area contributed by atoms with Gasteiger partial charge in [-0.15, -0.1) is 0 Å². The number of carbonyl (C=O) groups excluding carboxylic acids is 1. The molecule has 160 valence electrons. The number of sulfone groups is 1. The molecule has 0 unspecified atom stereocenters. The molecule has 0 saturated carbocycles. The molecule has 0 N–H and O–H groups in total. The van der Waals surface area contributed by atoms with Crippen molar-refractivity contribution in [2.45, 2.75) is 24.2 Å². The van der Waals surface area contributed by atoms with Crippen molar-refractivity contribution >= 4 is 15.7 Å². The molecule has 9 heteroatoms. The van der Waals surface area contributed by atoms with Gasteiger partial charge in [-0.3, -0.25) is 9.78 Å². The quantitative estimate of drug-likeness (QED) is 0.601. The van der Waals surface area contributed by atoms with Gasteiger partial charge in [0.25, 0.3) is 5.91 Å². The van der Waals surface area contributed by atoms with E-state index >= 15 is 0 Å². The van der Waals surface area contributed by atoms with E-state index in [0.717, 1.165) is 24.1 Å². The molecule has 4 rings (SSSR count). The number of amides is 1. The van der Waals surface area contributed by atoms with Crippen molar-refractivity contribution in [1.82, 2.24) is 9.88 Å². The largest absolute Gasteiger partial charge is 0.433 e. The van der Waals surface area contributed by atoms with Crippen LogP contribution >= 0.6 is 0 Å². The van der Waals surface area contributed by atoms with Crippen LogP contribution in [0.1, 0.15) is 27.2 Å². The van der Waals surface area contributed by atoms with Gasteiger partial charge < -0.3 is 4.90 Å². The molecule has 3 aromatic rings. The highest BCUT2D eigenvalue weighted by Gasteiger charge is 2.35. The molecule has 0 saturated heterocycles. The van der Waals surface area contributed by atoms with Crippen LogP contribution in [-0.4, -0.2) is 30.5 Å². The van der Waals surface area contributed by atoms with Crippen molar-refractivity contribution in [3.63, 3.8) is 0 Å². The van der Waals surface area contributed by atoms with Crippen molar-refractivity contribution in [3.8, 4) is 11.1 Å². The number of hydrogen-bond donors (Lipinski definition) is 0. The van der Waals surface area contributed by atoms with Crippen LogP contribution in [0.25, 0.3) is 11.1 Å². The summed E-state index contributed by atoms with van der Waals surface area (Å²) in [5.74, 6) is -0.464. The second kappa shape index (κ2) is 7.49. The Kier molecular flexibility index (Phi) is 5.09. The second-order valence-corrected chi connectivity index (χ2v) is 9.36. The van der Waals surface area contributed by atoms with Gasteiger partial charge in [-0.2, -0.15) is 13.2 Å². The van der Waals surface area contributed by atoms with E-state index in [1.54, 1.807) is 30.3 Å². The summed E-state index contributed by atoms with van der Waals surface area (Å²) < 4.78 is 63.0. The predicted octanol–water partition coefficient (Wildman–Crippen LogP) is 4.33. The van der Waals surface area contributed by atoms with E-state index in [4.69, 9.17) is 0 Å². The van der Waals surface area contributed by atoms with Crippen molar-refractivity contribution in [3.05, 3.63) is 83.2 Å². The summed E-state index contributed by atoms with van der Waals surface area (Å²) in [4.78, 5) is 18.2. The molecule has 1 aliphatic heterocycles. The molecule has 2 aromatic carbocycles. The zero-order valence-electron chi connectivity index (χ0n) is 16.3. The summed E-state index contributed by atoms with van der Waals surface area (Å²) in [6.07, 6.45) is -2.39. The number of halogens is 3. The number of benzene rings is 2. The minimum atomic E-state index is -4.57. The number of aromatic nitrogens is 1. The molecule has 1 aromatic heterocycles. The minimum Gasteiger partial charge on any atom is -0.330 e. The highest BCUT2D eigenvalue weighted by atomic mass is 32.2. The van der Waals surface area contributed by atoms with Crippen molar-refractivity contribution in [2.24, 2.45) is 0 Å². The summed E-state index contributed by atoms with van der Waals surface area (Å²) in [5, 5.41) is 0. The molecule has 0 atom stereocenters. The van der Waals surface area contributed by atoms with Crippen LogP contribution < -0.4 is 0 Å². The number of fused-ring (bicyclic) bond motifs is 1. The molecule has 0 spiro atoms. The van der Waals surface area contributed by atoms with Crippen molar-refractivity contribution < 1.29 is 26.4 Å². The van der Waals surface area contributed by atoms with Crippen LogP contribution in [0.3, 0.4) is 0 Å².